The molecule has 1 rings (SSSR count). The number of carbonyl (C=O) groups is 3. The van der Waals surface area contributed by atoms with Gasteiger partial charge in [0.05, 0.1) is 6.10 Å². The summed E-state index contributed by atoms with van der Waals surface area (Å²) in [6, 6.07) is 6.90. The van der Waals surface area contributed by atoms with Crippen LogP contribution >= 0.6 is 0 Å². The number of hydrogen-bond donors (Lipinski definition) is 5. The van der Waals surface area contributed by atoms with Crippen molar-refractivity contribution in [3.8, 4) is 0 Å². The lowest BCUT2D eigenvalue weighted by Crippen LogP contribution is -2.59. The fraction of sp³-hybridized carbons (Fsp3) is 0.471. The highest BCUT2D eigenvalue weighted by atomic mass is 16.5. The minimum atomic E-state index is -1.24. The maximum absolute atomic E-state index is 12.4. The van der Waals surface area contributed by atoms with Crippen LogP contribution in [0.15, 0.2) is 30.3 Å². The Bertz CT molecular complexity index is 606. The number of ether oxygens (including phenoxy) is 1. The highest BCUT2D eigenvalue weighted by Crippen LogP contribution is 2.06. The summed E-state index contributed by atoms with van der Waals surface area (Å²) < 4.78 is 5.10. The second-order valence-electron chi connectivity index (χ2n) is 6.16. The molecule has 3 atom stereocenters. The summed E-state index contributed by atoms with van der Waals surface area (Å²) in [5.74, 6) is 3.38. The first-order valence-electron chi connectivity index (χ1n) is 8.22. The van der Waals surface area contributed by atoms with Gasteiger partial charge in [0.25, 0.3) is 5.91 Å². The third-order valence-electron chi connectivity index (χ3n) is 3.64. The lowest BCUT2D eigenvalue weighted by atomic mass is 10.0. The van der Waals surface area contributed by atoms with Crippen LogP contribution in [0.2, 0.25) is 0 Å². The predicted molar refractivity (Wildman–Crippen MR) is 94.3 cm³/mol. The van der Waals surface area contributed by atoms with Gasteiger partial charge in [0.15, 0.2) is 0 Å². The number of alkyl carbamates (subject to hydrolysis) is 1. The number of amides is 3. The molecule has 1 aromatic carbocycles. The first kappa shape index (κ1) is 21.4. The van der Waals surface area contributed by atoms with E-state index in [0.717, 1.165) is 5.56 Å². The summed E-state index contributed by atoms with van der Waals surface area (Å²) in [5.41, 5.74) is 2.68. The van der Waals surface area contributed by atoms with Crippen LogP contribution in [0.1, 0.15) is 26.3 Å². The van der Waals surface area contributed by atoms with Crippen LogP contribution < -0.4 is 21.9 Å². The molecular formula is C17H26N4O5. The van der Waals surface area contributed by atoms with E-state index in [0.29, 0.717) is 0 Å². The van der Waals surface area contributed by atoms with Crippen molar-refractivity contribution in [1.82, 2.24) is 16.1 Å². The first-order chi connectivity index (χ1) is 12.3. The van der Waals surface area contributed by atoms with E-state index in [1.807, 2.05) is 23.6 Å². The van der Waals surface area contributed by atoms with Gasteiger partial charge in [-0.3, -0.25) is 15.0 Å². The van der Waals surface area contributed by atoms with Gasteiger partial charge in [0.2, 0.25) is 5.91 Å². The molecule has 0 aliphatic carbocycles. The molecule has 0 saturated carbocycles. The molecule has 0 spiro atoms. The molecule has 6 N–H and O–H groups in total. The average Bonchev–Trinajstić information content (AvgIpc) is 2.61. The molecule has 0 heterocycles. The summed E-state index contributed by atoms with van der Waals surface area (Å²) >= 11 is 0. The number of rotatable bonds is 8. The van der Waals surface area contributed by atoms with Gasteiger partial charge in [-0.1, -0.05) is 44.2 Å². The molecule has 3 amide bonds. The number of aliphatic hydroxyl groups is 1. The third-order valence-corrected chi connectivity index (χ3v) is 3.64. The maximum atomic E-state index is 12.4. The molecule has 0 unspecified atom stereocenters. The first-order valence-corrected chi connectivity index (χ1v) is 8.22. The standard InChI is InChI=1S/C17H26N4O5/c1-10(2)13(15(23)19-14(11(3)22)16(24)21-18)20-17(25)26-9-12-7-5-4-6-8-12/h4-8,10-11,13-14,22H,9,18H2,1-3H3,(H,19,23)(H,20,25)(H,21,24)/t11-,13-,14+/m1/s1. The summed E-state index contributed by atoms with van der Waals surface area (Å²) in [6.07, 6.45) is -1.93. The predicted octanol–water partition coefficient (Wildman–Crippen LogP) is -0.207. The molecule has 0 aliphatic rings. The highest BCUT2D eigenvalue weighted by molar-refractivity contribution is 5.91. The van der Waals surface area contributed by atoms with Gasteiger partial charge in [0, 0.05) is 0 Å². The van der Waals surface area contributed by atoms with Crippen molar-refractivity contribution in [2.75, 3.05) is 0 Å². The Morgan fingerprint density at radius 1 is 1.04 bits per heavy atom. The van der Waals surface area contributed by atoms with Crippen LogP contribution in [0, 0.1) is 5.92 Å². The Hall–Kier alpha value is -2.65. The van der Waals surface area contributed by atoms with Crippen molar-refractivity contribution in [2.45, 2.75) is 45.6 Å². The van der Waals surface area contributed by atoms with E-state index in [1.54, 1.807) is 26.0 Å². The average molecular weight is 366 g/mol. The van der Waals surface area contributed by atoms with Crippen molar-refractivity contribution < 1.29 is 24.2 Å². The van der Waals surface area contributed by atoms with Crippen molar-refractivity contribution in [2.24, 2.45) is 11.8 Å². The van der Waals surface area contributed by atoms with Gasteiger partial charge >= 0.3 is 6.09 Å². The molecule has 0 fully saturated rings. The largest absolute Gasteiger partial charge is 0.445 e. The smallest absolute Gasteiger partial charge is 0.408 e. The fourth-order valence-electron chi connectivity index (χ4n) is 2.16. The number of nitrogens with one attached hydrogen (secondary N) is 3. The molecule has 9 nitrogen and oxygen atoms in total. The van der Waals surface area contributed by atoms with Gasteiger partial charge in [-0.2, -0.15) is 0 Å². The van der Waals surface area contributed by atoms with E-state index >= 15 is 0 Å². The molecular weight excluding hydrogens is 340 g/mol. The zero-order valence-electron chi connectivity index (χ0n) is 15.1. The van der Waals surface area contributed by atoms with Crippen LogP contribution in [-0.4, -0.2) is 41.2 Å². The van der Waals surface area contributed by atoms with Crippen LogP contribution in [-0.2, 0) is 20.9 Å². The topological polar surface area (TPSA) is 143 Å². The van der Waals surface area contributed by atoms with Crippen LogP contribution in [0.5, 0.6) is 0 Å². The van der Waals surface area contributed by atoms with E-state index in [-0.39, 0.29) is 12.5 Å². The molecule has 0 aliphatic heterocycles. The van der Waals surface area contributed by atoms with Crippen LogP contribution in [0.4, 0.5) is 4.79 Å². The SMILES string of the molecule is CC(C)[C@@H](NC(=O)OCc1ccccc1)C(=O)N[C@H](C(=O)NN)[C@@H](C)O. The third kappa shape index (κ3) is 6.69. The Kier molecular flexibility index (Phi) is 8.53. The zero-order valence-corrected chi connectivity index (χ0v) is 15.1. The van der Waals surface area contributed by atoms with Gasteiger partial charge < -0.3 is 20.5 Å². The Morgan fingerprint density at radius 3 is 2.15 bits per heavy atom. The minimum absolute atomic E-state index is 0.0605. The summed E-state index contributed by atoms with van der Waals surface area (Å²) in [4.78, 5) is 36.0. The second kappa shape index (κ2) is 10.4. The van der Waals surface area contributed by atoms with E-state index in [9.17, 15) is 19.5 Å². The monoisotopic (exact) mass is 366 g/mol. The molecule has 26 heavy (non-hydrogen) atoms. The molecule has 0 aromatic heterocycles. The lowest BCUT2D eigenvalue weighted by Gasteiger charge is -2.25. The Balaban J connectivity index is 2.67. The molecule has 1 aromatic rings. The number of aliphatic hydroxyl groups excluding tert-OH is 1. The van der Waals surface area contributed by atoms with E-state index in [2.05, 4.69) is 10.6 Å². The Labute approximate surface area is 152 Å². The van der Waals surface area contributed by atoms with Gasteiger partial charge in [-0.05, 0) is 18.4 Å². The van der Waals surface area contributed by atoms with Gasteiger partial charge in [-0.25, -0.2) is 10.6 Å². The molecule has 0 bridgehead atoms. The van der Waals surface area contributed by atoms with Crippen molar-refractivity contribution >= 4 is 17.9 Å². The fourth-order valence-corrected chi connectivity index (χ4v) is 2.16. The number of nitrogens with two attached hydrogens (primary N) is 1. The van der Waals surface area contributed by atoms with Crippen LogP contribution in [0.3, 0.4) is 0 Å². The molecule has 9 heteroatoms. The van der Waals surface area contributed by atoms with Crippen molar-refractivity contribution in [3.05, 3.63) is 35.9 Å². The normalized spacial score (nSPS) is 14.1. The second-order valence-corrected chi connectivity index (χ2v) is 6.16. The highest BCUT2D eigenvalue weighted by Gasteiger charge is 2.31. The number of benzene rings is 1. The van der Waals surface area contributed by atoms with Crippen molar-refractivity contribution in [1.29, 1.82) is 0 Å². The van der Waals surface area contributed by atoms with Gasteiger partial charge in [0.1, 0.15) is 18.7 Å². The summed E-state index contributed by atoms with van der Waals surface area (Å²) in [5, 5.41) is 14.5. The van der Waals surface area contributed by atoms with E-state index < -0.39 is 36.1 Å². The van der Waals surface area contributed by atoms with Crippen molar-refractivity contribution in [3.63, 3.8) is 0 Å². The van der Waals surface area contributed by atoms with Gasteiger partial charge in [-0.15, -0.1) is 0 Å². The summed E-state index contributed by atoms with van der Waals surface area (Å²) in [6.45, 7) is 4.85. The Morgan fingerprint density at radius 2 is 1.65 bits per heavy atom. The quantitative estimate of drug-likeness (QED) is 0.245. The molecule has 0 radical (unpaired) electrons. The number of carbonyl (C=O) groups excluding carboxylic acids is 3. The maximum Gasteiger partial charge on any atom is 0.408 e. The summed E-state index contributed by atoms with van der Waals surface area (Å²) in [7, 11) is 0. The molecule has 144 valence electrons. The van der Waals surface area contributed by atoms with E-state index in [4.69, 9.17) is 10.6 Å². The minimum Gasteiger partial charge on any atom is -0.445 e. The zero-order chi connectivity index (χ0) is 19.7. The molecule has 0 saturated heterocycles. The number of hydrogen-bond acceptors (Lipinski definition) is 6. The van der Waals surface area contributed by atoms with Crippen LogP contribution in [0.25, 0.3) is 0 Å². The van der Waals surface area contributed by atoms with E-state index in [1.165, 1.54) is 6.92 Å². The number of hydrazine groups is 1. The lowest BCUT2D eigenvalue weighted by molar-refractivity contribution is -0.133.